The molecule has 0 radical (unpaired) electrons. The number of hydrogen-bond acceptors (Lipinski definition) is 2. The highest BCUT2D eigenvalue weighted by molar-refractivity contribution is 5.32. The number of quaternary nitrogens is 2. The van der Waals surface area contributed by atoms with E-state index in [1.165, 1.54) is 57.4 Å². The number of nitro groups is 1. The third kappa shape index (κ3) is 4.30. The lowest BCUT2D eigenvalue weighted by Gasteiger charge is -2.37. The fourth-order valence-corrected chi connectivity index (χ4v) is 4.20. The van der Waals surface area contributed by atoms with Crippen molar-refractivity contribution in [2.75, 3.05) is 26.2 Å². The summed E-state index contributed by atoms with van der Waals surface area (Å²) in [6.07, 6.45) is 5.64. The first-order chi connectivity index (χ1) is 11.1. The smallest absolute Gasteiger partial charge is 0.269 e. The van der Waals surface area contributed by atoms with Gasteiger partial charge in [-0.25, -0.2) is 0 Å². The van der Waals surface area contributed by atoms with Crippen LogP contribution in [-0.4, -0.2) is 37.1 Å². The third-order valence-corrected chi connectivity index (χ3v) is 5.79. The highest BCUT2D eigenvalue weighted by atomic mass is 16.6. The monoisotopic (exact) mass is 319 g/mol. The van der Waals surface area contributed by atoms with Gasteiger partial charge in [-0.05, 0) is 43.7 Å². The first-order valence-electron chi connectivity index (χ1n) is 9.03. The van der Waals surface area contributed by atoms with Crippen molar-refractivity contribution in [1.82, 2.24) is 0 Å². The molecule has 0 amide bonds. The standard InChI is InChI=1S/C18H27N3O2/c1-15-2-6-17(7-3-15)20-12-10-19(11-13-20)14-16-4-8-18(9-5-16)21(22)23/h4-5,8-9,15,17H,2-3,6-7,10-14H2,1H3/p+2. The minimum Gasteiger partial charge on any atom is -0.323 e. The van der Waals surface area contributed by atoms with Crippen molar-refractivity contribution in [3.8, 4) is 0 Å². The fourth-order valence-electron chi connectivity index (χ4n) is 4.20. The van der Waals surface area contributed by atoms with Gasteiger partial charge in [0.15, 0.2) is 0 Å². The largest absolute Gasteiger partial charge is 0.323 e. The molecule has 0 unspecified atom stereocenters. The quantitative estimate of drug-likeness (QED) is 0.626. The van der Waals surface area contributed by atoms with E-state index in [1.54, 1.807) is 17.0 Å². The maximum Gasteiger partial charge on any atom is 0.269 e. The van der Waals surface area contributed by atoms with Gasteiger partial charge >= 0.3 is 0 Å². The molecule has 1 saturated heterocycles. The summed E-state index contributed by atoms with van der Waals surface area (Å²) >= 11 is 0. The number of piperazine rings is 1. The Balaban J connectivity index is 1.46. The van der Waals surface area contributed by atoms with Crippen LogP contribution in [0.4, 0.5) is 5.69 Å². The van der Waals surface area contributed by atoms with Crippen molar-refractivity contribution in [2.45, 2.75) is 45.2 Å². The molecule has 0 atom stereocenters. The molecular formula is C18H29N3O2+2. The Morgan fingerprint density at radius 2 is 1.65 bits per heavy atom. The lowest BCUT2D eigenvalue weighted by Crippen LogP contribution is -3.29. The van der Waals surface area contributed by atoms with Gasteiger partial charge in [0, 0.05) is 17.7 Å². The van der Waals surface area contributed by atoms with Crippen molar-refractivity contribution in [3.63, 3.8) is 0 Å². The molecule has 23 heavy (non-hydrogen) atoms. The van der Waals surface area contributed by atoms with E-state index in [1.807, 2.05) is 17.0 Å². The Morgan fingerprint density at radius 3 is 2.22 bits per heavy atom. The van der Waals surface area contributed by atoms with Crippen LogP contribution in [0, 0.1) is 16.0 Å². The second kappa shape index (κ2) is 7.41. The van der Waals surface area contributed by atoms with Crippen LogP contribution in [0.25, 0.3) is 0 Å². The number of nitro benzene ring substituents is 1. The lowest BCUT2D eigenvalue weighted by molar-refractivity contribution is -1.03. The number of benzene rings is 1. The predicted octanol–water partition coefficient (Wildman–Crippen LogP) is 0.457. The number of rotatable bonds is 4. The Hall–Kier alpha value is -1.46. The summed E-state index contributed by atoms with van der Waals surface area (Å²) in [5, 5.41) is 10.7. The van der Waals surface area contributed by atoms with E-state index in [0.717, 1.165) is 18.5 Å². The zero-order chi connectivity index (χ0) is 16.2. The summed E-state index contributed by atoms with van der Waals surface area (Å²) in [7, 11) is 0. The molecule has 126 valence electrons. The van der Waals surface area contributed by atoms with Gasteiger partial charge in [-0.3, -0.25) is 10.1 Å². The maximum atomic E-state index is 10.7. The van der Waals surface area contributed by atoms with Gasteiger partial charge in [0.2, 0.25) is 0 Å². The second-order valence-electron chi connectivity index (χ2n) is 7.47. The molecule has 5 nitrogen and oxygen atoms in total. The first kappa shape index (κ1) is 16.4. The Bertz CT molecular complexity index is 516. The first-order valence-corrected chi connectivity index (χ1v) is 9.03. The van der Waals surface area contributed by atoms with Gasteiger partial charge in [-0.2, -0.15) is 0 Å². The minimum absolute atomic E-state index is 0.185. The summed E-state index contributed by atoms with van der Waals surface area (Å²) in [5.41, 5.74) is 1.39. The van der Waals surface area contributed by atoms with E-state index >= 15 is 0 Å². The van der Waals surface area contributed by atoms with Crippen molar-refractivity contribution in [3.05, 3.63) is 39.9 Å². The molecule has 1 saturated carbocycles. The van der Waals surface area contributed by atoms with Crippen LogP contribution in [0.1, 0.15) is 38.2 Å². The molecule has 1 aliphatic heterocycles. The van der Waals surface area contributed by atoms with E-state index in [4.69, 9.17) is 0 Å². The van der Waals surface area contributed by atoms with E-state index in [0.29, 0.717) is 0 Å². The summed E-state index contributed by atoms with van der Waals surface area (Å²) in [4.78, 5) is 13.8. The molecule has 0 spiro atoms. The van der Waals surface area contributed by atoms with Crippen LogP contribution >= 0.6 is 0 Å². The molecule has 5 heteroatoms. The maximum absolute atomic E-state index is 10.7. The van der Waals surface area contributed by atoms with E-state index in [-0.39, 0.29) is 10.6 Å². The number of non-ortho nitro benzene ring substituents is 1. The van der Waals surface area contributed by atoms with Gasteiger partial charge < -0.3 is 9.80 Å². The van der Waals surface area contributed by atoms with Crippen LogP contribution in [0.3, 0.4) is 0 Å². The van der Waals surface area contributed by atoms with Crippen LogP contribution < -0.4 is 9.80 Å². The number of nitrogens with one attached hydrogen (secondary N) is 2. The lowest BCUT2D eigenvalue weighted by atomic mass is 9.86. The van der Waals surface area contributed by atoms with Crippen molar-refractivity contribution < 1.29 is 14.7 Å². The van der Waals surface area contributed by atoms with Crippen LogP contribution in [0.2, 0.25) is 0 Å². The summed E-state index contributed by atoms with van der Waals surface area (Å²) in [5.74, 6) is 0.930. The molecule has 1 aromatic rings. The summed E-state index contributed by atoms with van der Waals surface area (Å²) in [6.45, 7) is 8.38. The van der Waals surface area contributed by atoms with Crippen molar-refractivity contribution >= 4 is 5.69 Å². The highest BCUT2D eigenvalue weighted by Gasteiger charge is 2.31. The molecule has 1 aliphatic carbocycles. The van der Waals surface area contributed by atoms with E-state index < -0.39 is 0 Å². The molecule has 1 aromatic carbocycles. The van der Waals surface area contributed by atoms with E-state index in [9.17, 15) is 10.1 Å². The van der Waals surface area contributed by atoms with Gasteiger partial charge in [0.25, 0.3) is 5.69 Å². The second-order valence-corrected chi connectivity index (χ2v) is 7.47. The summed E-state index contributed by atoms with van der Waals surface area (Å²) in [6, 6.07) is 7.96. The van der Waals surface area contributed by atoms with Crippen LogP contribution in [0.15, 0.2) is 24.3 Å². The zero-order valence-corrected chi connectivity index (χ0v) is 14.1. The number of nitrogens with zero attached hydrogens (tertiary/aromatic N) is 1. The molecular weight excluding hydrogens is 290 g/mol. The molecule has 2 N–H and O–H groups in total. The van der Waals surface area contributed by atoms with Crippen molar-refractivity contribution in [1.29, 1.82) is 0 Å². The molecule has 3 rings (SSSR count). The summed E-state index contributed by atoms with van der Waals surface area (Å²) < 4.78 is 0. The third-order valence-electron chi connectivity index (χ3n) is 5.79. The zero-order valence-electron chi connectivity index (χ0n) is 14.1. The van der Waals surface area contributed by atoms with E-state index in [2.05, 4.69) is 6.92 Å². The van der Waals surface area contributed by atoms with Gasteiger partial charge in [0.05, 0.1) is 11.0 Å². The molecule has 0 bridgehead atoms. The normalized spacial score (nSPS) is 31.7. The Kier molecular flexibility index (Phi) is 5.28. The van der Waals surface area contributed by atoms with Crippen LogP contribution in [-0.2, 0) is 6.54 Å². The molecule has 2 aliphatic rings. The fraction of sp³-hybridized carbons (Fsp3) is 0.667. The molecule has 1 heterocycles. The Morgan fingerprint density at radius 1 is 1.04 bits per heavy atom. The van der Waals surface area contributed by atoms with Gasteiger partial charge in [-0.1, -0.05) is 6.92 Å². The highest BCUT2D eigenvalue weighted by Crippen LogP contribution is 2.21. The number of hydrogen-bond donors (Lipinski definition) is 2. The minimum atomic E-state index is -0.330. The van der Waals surface area contributed by atoms with Crippen LogP contribution in [0.5, 0.6) is 0 Å². The molecule has 0 aromatic heterocycles. The predicted molar refractivity (Wildman–Crippen MR) is 89.6 cm³/mol. The average molecular weight is 319 g/mol. The van der Waals surface area contributed by atoms with Gasteiger partial charge in [-0.15, -0.1) is 0 Å². The van der Waals surface area contributed by atoms with Gasteiger partial charge in [0.1, 0.15) is 32.7 Å². The topological polar surface area (TPSA) is 52.0 Å². The Labute approximate surface area is 138 Å². The van der Waals surface area contributed by atoms with Crippen molar-refractivity contribution in [2.24, 2.45) is 5.92 Å². The SMILES string of the molecule is CC1CCC([NH+]2CC[NH+](Cc3ccc([N+](=O)[O-])cc3)CC2)CC1. The average Bonchev–Trinajstić information content (AvgIpc) is 2.57. The molecule has 2 fully saturated rings.